The lowest BCUT2D eigenvalue weighted by Crippen LogP contribution is -2.42. The van der Waals surface area contributed by atoms with E-state index in [-0.39, 0.29) is 5.92 Å². The van der Waals surface area contributed by atoms with Crippen LogP contribution in [0.4, 0.5) is 0 Å². The van der Waals surface area contributed by atoms with Crippen molar-refractivity contribution in [1.82, 2.24) is 4.90 Å². The maximum atomic E-state index is 11.9. The summed E-state index contributed by atoms with van der Waals surface area (Å²) in [5.41, 5.74) is 2.32. The monoisotopic (exact) mass is 351 g/mol. The molecule has 1 N–H and O–H groups in total. The summed E-state index contributed by atoms with van der Waals surface area (Å²) in [6.07, 6.45) is 2.44. The molecular weight excluding hydrogens is 322 g/mol. The predicted molar refractivity (Wildman–Crippen MR) is 107 cm³/mol. The predicted octanol–water partition coefficient (Wildman–Crippen LogP) is 3.99. The average molecular weight is 351 g/mol. The molecule has 0 radical (unpaired) electrons. The van der Waals surface area contributed by atoms with Crippen LogP contribution in [0, 0.1) is 5.92 Å². The second-order valence-electron chi connectivity index (χ2n) is 7.46. The Hall–Kier alpha value is -2.10. The second-order valence-corrected chi connectivity index (χ2v) is 7.46. The molecule has 1 aliphatic rings. The molecule has 0 heterocycles. The van der Waals surface area contributed by atoms with Crippen molar-refractivity contribution in [2.45, 2.75) is 24.9 Å². The van der Waals surface area contributed by atoms with Gasteiger partial charge in [-0.05, 0) is 32.5 Å². The first-order valence-electron chi connectivity index (χ1n) is 9.28. The third-order valence-corrected chi connectivity index (χ3v) is 5.36. The molecule has 3 nitrogen and oxygen atoms in total. The lowest BCUT2D eigenvalue weighted by atomic mass is 9.81. The molecule has 0 spiro atoms. The van der Waals surface area contributed by atoms with Crippen molar-refractivity contribution in [3.05, 3.63) is 77.4 Å². The van der Waals surface area contributed by atoms with E-state index in [0.29, 0.717) is 6.42 Å². The third kappa shape index (κ3) is 3.84. The fourth-order valence-corrected chi connectivity index (χ4v) is 4.18. The molecule has 1 saturated carbocycles. The Labute approximate surface area is 156 Å². The molecular formula is C23H29NO2. The summed E-state index contributed by atoms with van der Waals surface area (Å²) < 4.78 is 5.81. The van der Waals surface area contributed by atoms with E-state index in [4.69, 9.17) is 4.74 Å². The Kier molecular flexibility index (Phi) is 5.80. The maximum absolute atomic E-state index is 11.9. The van der Waals surface area contributed by atoms with Crippen molar-refractivity contribution >= 4 is 5.76 Å². The van der Waals surface area contributed by atoms with E-state index in [1.807, 2.05) is 48.5 Å². The Morgan fingerprint density at radius 2 is 1.69 bits per heavy atom. The SMILES string of the molecule is COC(=C1CCC(CN(C)C)C1(O)Cc1ccccc1)c1ccccc1. The van der Waals surface area contributed by atoms with Gasteiger partial charge in [-0.15, -0.1) is 0 Å². The van der Waals surface area contributed by atoms with E-state index in [2.05, 4.69) is 31.1 Å². The van der Waals surface area contributed by atoms with Gasteiger partial charge >= 0.3 is 0 Å². The zero-order valence-electron chi connectivity index (χ0n) is 16.0. The summed E-state index contributed by atoms with van der Waals surface area (Å²) in [7, 11) is 5.84. The number of hydrogen-bond donors (Lipinski definition) is 1. The minimum absolute atomic E-state index is 0.182. The molecule has 0 amide bonds. The van der Waals surface area contributed by atoms with Gasteiger partial charge in [0.2, 0.25) is 0 Å². The average Bonchev–Trinajstić information content (AvgIpc) is 2.93. The highest BCUT2D eigenvalue weighted by atomic mass is 16.5. The lowest BCUT2D eigenvalue weighted by molar-refractivity contribution is 0.0239. The first-order chi connectivity index (χ1) is 12.5. The van der Waals surface area contributed by atoms with Gasteiger partial charge in [0, 0.05) is 30.0 Å². The van der Waals surface area contributed by atoms with Gasteiger partial charge in [0.25, 0.3) is 0 Å². The second kappa shape index (κ2) is 8.07. The van der Waals surface area contributed by atoms with E-state index < -0.39 is 5.60 Å². The summed E-state index contributed by atoms with van der Waals surface area (Å²) in [6.45, 7) is 0.860. The standard InChI is InChI=1S/C23H29NO2/c1-24(2)17-20-14-15-21(22(26-3)19-12-8-5-9-13-19)23(20,25)16-18-10-6-4-7-11-18/h4-13,20,25H,14-17H2,1-3H3. The molecule has 3 heteroatoms. The molecule has 2 aromatic carbocycles. The van der Waals surface area contributed by atoms with Gasteiger partial charge in [0.15, 0.2) is 0 Å². The van der Waals surface area contributed by atoms with Gasteiger partial charge in [0.05, 0.1) is 12.7 Å². The van der Waals surface area contributed by atoms with Gasteiger partial charge in [-0.25, -0.2) is 0 Å². The minimum Gasteiger partial charge on any atom is -0.496 e. The topological polar surface area (TPSA) is 32.7 Å². The Balaban J connectivity index is 2.06. The number of hydrogen-bond acceptors (Lipinski definition) is 3. The van der Waals surface area contributed by atoms with E-state index in [1.54, 1.807) is 7.11 Å². The van der Waals surface area contributed by atoms with Gasteiger partial charge in [-0.2, -0.15) is 0 Å². The quantitative estimate of drug-likeness (QED) is 0.799. The molecule has 2 unspecified atom stereocenters. The molecule has 0 saturated heterocycles. The third-order valence-electron chi connectivity index (χ3n) is 5.36. The van der Waals surface area contributed by atoms with Crippen LogP contribution in [0.25, 0.3) is 5.76 Å². The largest absolute Gasteiger partial charge is 0.496 e. The fraction of sp³-hybridized carbons (Fsp3) is 0.391. The normalized spacial score (nSPS) is 24.7. The highest BCUT2D eigenvalue weighted by Gasteiger charge is 2.47. The Bertz CT molecular complexity index is 739. The van der Waals surface area contributed by atoms with Crippen LogP contribution in [0.5, 0.6) is 0 Å². The number of aliphatic hydroxyl groups is 1. The lowest BCUT2D eigenvalue weighted by Gasteiger charge is -2.34. The molecule has 3 rings (SSSR count). The highest BCUT2D eigenvalue weighted by Crippen LogP contribution is 2.46. The van der Waals surface area contributed by atoms with Gasteiger partial charge in [-0.1, -0.05) is 60.7 Å². The molecule has 1 fully saturated rings. The Morgan fingerprint density at radius 1 is 1.08 bits per heavy atom. The van der Waals surface area contributed by atoms with E-state index >= 15 is 0 Å². The van der Waals surface area contributed by atoms with Crippen LogP contribution in [-0.2, 0) is 11.2 Å². The van der Waals surface area contributed by atoms with E-state index in [9.17, 15) is 5.11 Å². The van der Waals surface area contributed by atoms with E-state index in [1.165, 1.54) is 0 Å². The molecule has 138 valence electrons. The van der Waals surface area contributed by atoms with Crippen molar-refractivity contribution in [3.63, 3.8) is 0 Å². The van der Waals surface area contributed by atoms with Gasteiger partial charge in [-0.3, -0.25) is 0 Å². The van der Waals surface area contributed by atoms with Crippen LogP contribution in [0.2, 0.25) is 0 Å². The molecule has 1 aliphatic carbocycles. The van der Waals surface area contributed by atoms with Gasteiger partial charge in [0.1, 0.15) is 5.76 Å². The van der Waals surface area contributed by atoms with Gasteiger partial charge < -0.3 is 14.7 Å². The molecule has 2 aromatic rings. The first-order valence-corrected chi connectivity index (χ1v) is 9.28. The van der Waals surface area contributed by atoms with Crippen molar-refractivity contribution in [3.8, 4) is 0 Å². The molecule has 0 aromatic heterocycles. The fourth-order valence-electron chi connectivity index (χ4n) is 4.18. The summed E-state index contributed by atoms with van der Waals surface area (Å²) in [5, 5.41) is 11.9. The number of methoxy groups -OCH3 is 1. The number of ether oxygens (including phenoxy) is 1. The molecule has 0 bridgehead atoms. The van der Waals surface area contributed by atoms with Crippen LogP contribution in [0.15, 0.2) is 66.2 Å². The van der Waals surface area contributed by atoms with Crippen LogP contribution < -0.4 is 0 Å². The number of rotatable bonds is 6. The van der Waals surface area contributed by atoms with Crippen molar-refractivity contribution in [2.75, 3.05) is 27.7 Å². The molecule has 0 aliphatic heterocycles. The van der Waals surface area contributed by atoms with Crippen LogP contribution >= 0.6 is 0 Å². The van der Waals surface area contributed by atoms with Crippen LogP contribution in [-0.4, -0.2) is 43.4 Å². The maximum Gasteiger partial charge on any atom is 0.128 e. The summed E-state index contributed by atoms with van der Waals surface area (Å²) in [6, 6.07) is 20.4. The smallest absolute Gasteiger partial charge is 0.128 e. The highest BCUT2D eigenvalue weighted by molar-refractivity contribution is 5.66. The van der Waals surface area contributed by atoms with Crippen LogP contribution in [0.1, 0.15) is 24.0 Å². The van der Waals surface area contributed by atoms with Crippen LogP contribution in [0.3, 0.4) is 0 Å². The minimum atomic E-state index is -0.896. The van der Waals surface area contributed by atoms with Crippen molar-refractivity contribution < 1.29 is 9.84 Å². The zero-order valence-corrected chi connectivity index (χ0v) is 16.0. The van der Waals surface area contributed by atoms with E-state index in [0.717, 1.165) is 41.8 Å². The Morgan fingerprint density at radius 3 is 2.27 bits per heavy atom. The van der Waals surface area contributed by atoms with Crippen molar-refractivity contribution in [1.29, 1.82) is 0 Å². The zero-order chi connectivity index (χ0) is 18.6. The molecule has 26 heavy (non-hydrogen) atoms. The summed E-state index contributed by atoms with van der Waals surface area (Å²) >= 11 is 0. The summed E-state index contributed by atoms with van der Waals surface area (Å²) in [4.78, 5) is 2.17. The number of nitrogens with zero attached hydrogens (tertiary/aromatic N) is 1. The molecule has 2 atom stereocenters. The van der Waals surface area contributed by atoms with Crippen molar-refractivity contribution in [2.24, 2.45) is 5.92 Å². The summed E-state index contributed by atoms with van der Waals surface area (Å²) in [5.74, 6) is 1.01. The number of benzene rings is 2. The first kappa shape index (κ1) is 18.7.